The molecule has 0 saturated heterocycles. The Hall–Kier alpha value is -1.51. The highest BCUT2D eigenvalue weighted by atomic mass is 16.5. The molecule has 0 radical (unpaired) electrons. The van der Waals surface area contributed by atoms with Gasteiger partial charge in [-0.3, -0.25) is 4.79 Å². The summed E-state index contributed by atoms with van der Waals surface area (Å²) < 4.78 is 6.02. The average molecular weight is 303 g/mol. The lowest BCUT2D eigenvalue weighted by Gasteiger charge is -2.17. The van der Waals surface area contributed by atoms with Gasteiger partial charge >= 0.3 is 0 Å². The van der Waals surface area contributed by atoms with E-state index in [1.54, 1.807) is 0 Å². The van der Waals surface area contributed by atoms with Crippen molar-refractivity contribution in [1.29, 1.82) is 0 Å². The minimum absolute atomic E-state index is 0.128. The standard InChI is InChI=1S/C19H29NO2/c1-14(2)15(3)20-19(21)12-11-16-7-6-10-18(13-16)22-17-8-4-5-9-17/h6-7,10,13-15,17H,4-5,8-9,11-12H2,1-3H3,(H,20,21). The van der Waals surface area contributed by atoms with Crippen LogP contribution < -0.4 is 10.1 Å². The molecule has 1 saturated carbocycles. The molecule has 3 nitrogen and oxygen atoms in total. The Morgan fingerprint density at radius 3 is 2.68 bits per heavy atom. The Labute approximate surface area is 134 Å². The van der Waals surface area contributed by atoms with E-state index in [2.05, 4.69) is 38.2 Å². The van der Waals surface area contributed by atoms with Gasteiger partial charge in [0, 0.05) is 12.5 Å². The number of benzene rings is 1. The van der Waals surface area contributed by atoms with Gasteiger partial charge in [-0.25, -0.2) is 0 Å². The summed E-state index contributed by atoms with van der Waals surface area (Å²) in [4.78, 5) is 12.0. The van der Waals surface area contributed by atoms with Crippen LogP contribution in [0.2, 0.25) is 0 Å². The quantitative estimate of drug-likeness (QED) is 0.823. The molecule has 1 aliphatic carbocycles. The van der Waals surface area contributed by atoms with Gasteiger partial charge in [0.25, 0.3) is 0 Å². The summed E-state index contributed by atoms with van der Waals surface area (Å²) in [6, 6.07) is 8.42. The molecule has 0 aliphatic heterocycles. The van der Waals surface area contributed by atoms with Crippen LogP contribution >= 0.6 is 0 Å². The molecule has 1 fully saturated rings. The average Bonchev–Trinajstić information content (AvgIpc) is 2.98. The minimum atomic E-state index is 0.128. The second-order valence-corrected chi connectivity index (χ2v) is 6.77. The van der Waals surface area contributed by atoms with Gasteiger partial charge in [0.2, 0.25) is 5.91 Å². The van der Waals surface area contributed by atoms with E-state index in [-0.39, 0.29) is 11.9 Å². The molecule has 0 aromatic heterocycles. The van der Waals surface area contributed by atoms with Crippen molar-refractivity contribution in [2.24, 2.45) is 5.92 Å². The third-order valence-electron chi connectivity index (χ3n) is 4.53. The molecule has 1 amide bonds. The Bertz CT molecular complexity index is 478. The predicted octanol–water partition coefficient (Wildman–Crippen LogP) is 4.10. The summed E-state index contributed by atoms with van der Waals surface area (Å²) in [7, 11) is 0. The molecule has 1 N–H and O–H groups in total. The Balaban J connectivity index is 1.81. The van der Waals surface area contributed by atoms with Gasteiger partial charge in [-0.05, 0) is 62.6 Å². The Morgan fingerprint density at radius 2 is 2.00 bits per heavy atom. The fourth-order valence-electron chi connectivity index (χ4n) is 2.72. The highest BCUT2D eigenvalue weighted by Gasteiger charge is 2.16. The maximum Gasteiger partial charge on any atom is 0.220 e. The first kappa shape index (κ1) is 16.9. The number of rotatable bonds is 7. The van der Waals surface area contributed by atoms with E-state index in [1.807, 2.05) is 12.1 Å². The summed E-state index contributed by atoms with van der Waals surface area (Å²) in [5.41, 5.74) is 1.17. The molecule has 0 heterocycles. The number of carbonyl (C=O) groups excluding carboxylic acids is 1. The number of carbonyl (C=O) groups is 1. The second kappa shape index (κ2) is 8.21. The van der Waals surface area contributed by atoms with Crippen molar-refractivity contribution in [1.82, 2.24) is 5.32 Å². The Morgan fingerprint density at radius 1 is 1.27 bits per heavy atom. The van der Waals surface area contributed by atoms with Crippen molar-refractivity contribution in [3.05, 3.63) is 29.8 Å². The van der Waals surface area contributed by atoms with Gasteiger partial charge in [0.15, 0.2) is 0 Å². The van der Waals surface area contributed by atoms with Crippen LogP contribution in [-0.4, -0.2) is 18.1 Å². The second-order valence-electron chi connectivity index (χ2n) is 6.77. The van der Waals surface area contributed by atoms with Crippen molar-refractivity contribution in [2.75, 3.05) is 0 Å². The minimum Gasteiger partial charge on any atom is -0.490 e. The van der Waals surface area contributed by atoms with Gasteiger partial charge in [-0.15, -0.1) is 0 Å². The van der Waals surface area contributed by atoms with E-state index in [0.29, 0.717) is 18.4 Å². The largest absolute Gasteiger partial charge is 0.490 e. The van der Waals surface area contributed by atoms with Crippen molar-refractivity contribution < 1.29 is 9.53 Å². The molecule has 2 rings (SSSR count). The third kappa shape index (κ3) is 5.36. The van der Waals surface area contributed by atoms with Crippen LogP contribution in [0.25, 0.3) is 0 Å². The normalized spacial score (nSPS) is 16.7. The molecule has 1 aliphatic rings. The van der Waals surface area contributed by atoms with Gasteiger partial charge in [-0.1, -0.05) is 26.0 Å². The van der Waals surface area contributed by atoms with E-state index >= 15 is 0 Å². The molecule has 1 aromatic rings. The zero-order valence-electron chi connectivity index (χ0n) is 14.1. The summed E-state index contributed by atoms with van der Waals surface area (Å²) in [5, 5.41) is 3.05. The highest BCUT2D eigenvalue weighted by Crippen LogP contribution is 2.24. The number of nitrogens with one attached hydrogen (secondary N) is 1. The molecule has 122 valence electrons. The molecular weight excluding hydrogens is 274 g/mol. The van der Waals surface area contributed by atoms with E-state index in [9.17, 15) is 4.79 Å². The smallest absolute Gasteiger partial charge is 0.220 e. The molecule has 0 spiro atoms. The van der Waals surface area contributed by atoms with Crippen LogP contribution in [0.4, 0.5) is 0 Å². The van der Waals surface area contributed by atoms with Gasteiger partial charge in [-0.2, -0.15) is 0 Å². The zero-order chi connectivity index (χ0) is 15.9. The van der Waals surface area contributed by atoms with Crippen LogP contribution in [0.3, 0.4) is 0 Å². The number of hydrogen-bond acceptors (Lipinski definition) is 2. The molecule has 1 atom stereocenters. The summed E-state index contributed by atoms with van der Waals surface area (Å²) in [6.07, 6.45) is 6.56. The molecule has 0 bridgehead atoms. The lowest BCUT2D eigenvalue weighted by Crippen LogP contribution is -2.36. The maximum absolute atomic E-state index is 12.0. The monoisotopic (exact) mass is 303 g/mol. The van der Waals surface area contributed by atoms with Crippen molar-refractivity contribution in [3.63, 3.8) is 0 Å². The molecule has 22 heavy (non-hydrogen) atoms. The summed E-state index contributed by atoms with van der Waals surface area (Å²) in [5.74, 6) is 1.54. The Kier molecular flexibility index (Phi) is 6.29. The van der Waals surface area contributed by atoms with E-state index in [1.165, 1.54) is 31.2 Å². The summed E-state index contributed by atoms with van der Waals surface area (Å²) in [6.45, 7) is 6.29. The van der Waals surface area contributed by atoms with E-state index in [4.69, 9.17) is 4.74 Å². The number of ether oxygens (including phenoxy) is 1. The predicted molar refractivity (Wildman–Crippen MR) is 90.1 cm³/mol. The fraction of sp³-hybridized carbons (Fsp3) is 0.632. The van der Waals surface area contributed by atoms with Gasteiger partial charge in [0.1, 0.15) is 5.75 Å². The summed E-state index contributed by atoms with van der Waals surface area (Å²) >= 11 is 0. The van der Waals surface area contributed by atoms with Crippen LogP contribution in [0, 0.1) is 5.92 Å². The zero-order valence-corrected chi connectivity index (χ0v) is 14.1. The van der Waals surface area contributed by atoms with Crippen LogP contribution in [0.15, 0.2) is 24.3 Å². The lowest BCUT2D eigenvalue weighted by atomic mass is 10.1. The SMILES string of the molecule is CC(C)C(C)NC(=O)CCc1cccc(OC2CCCC2)c1. The van der Waals surface area contributed by atoms with E-state index in [0.717, 1.165) is 12.2 Å². The van der Waals surface area contributed by atoms with Crippen LogP contribution in [-0.2, 0) is 11.2 Å². The maximum atomic E-state index is 12.0. The molecule has 3 heteroatoms. The molecule has 1 unspecified atom stereocenters. The topological polar surface area (TPSA) is 38.3 Å². The van der Waals surface area contributed by atoms with Crippen molar-refractivity contribution >= 4 is 5.91 Å². The lowest BCUT2D eigenvalue weighted by molar-refractivity contribution is -0.121. The third-order valence-corrected chi connectivity index (χ3v) is 4.53. The van der Waals surface area contributed by atoms with E-state index < -0.39 is 0 Å². The first-order valence-corrected chi connectivity index (χ1v) is 8.59. The number of amides is 1. The fourth-order valence-corrected chi connectivity index (χ4v) is 2.72. The van der Waals surface area contributed by atoms with Gasteiger partial charge < -0.3 is 10.1 Å². The first-order valence-electron chi connectivity index (χ1n) is 8.59. The first-order chi connectivity index (χ1) is 10.5. The number of aryl methyl sites for hydroxylation is 1. The number of hydrogen-bond donors (Lipinski definition) is 1. The highest BCUT2D eigenvalue weighted by molar-refractivity contribution is 5.76. The van der Waals surface area contributed by atoms with Crippen molar-refractivity contribution in [3.8, 4) is 5.75 Å². The van der Waals surface area contributed by atoms with Gasteiger partial charge in [0.05, 0.1) is 6.10 Å². The molecule has 1 aromatic carbocycles. The molecular formula is C19H29NO2. The van der Waals surface area contributed by atoms with Crippen LogP contribution in [0.5, 0.6) is 5.75 Å². The van der Waals surface area contributed by atoms with Crippen molar-refractivity contribution in [2.45, 2.75) is 71.4 Å². The van der Waals surface area contributed by atoms with Crippen LogP contribution in [0.1, 0.15) is 58.4 Å².